The van der Waals surface area contributed by atoms with E-state index in [-0.39, 0.29) is 0 Å². The van der Waals surface area contributed by atoms with Crippen LogP contribution in [-0.4, -0.2) is 15.7 Å². The lowest BCUT2D eigenvalue weighted by atomic mass is 10.1. The third-order valence-electron chi connectivity index (χ3n) is 2.36. The monoisotopic (exact) mass is 231 g/mol. The molecule has 0 aliphatic heterocycles. The minimum Gasteiger partial charge on any atom is -0.486 e. The van der Waals surface area contributed by atoms with Gasteiger partial charge in [0.05, 0.1) is 12.4 Å². The predicted octanol–water partition coefficient (Wildman–Crippen LogP) is 1.10. The average Bonchev–Trinajstić information content (AvgIpc) is 2.73. The molecule has 0 spiro atoms. The van der Waals surface area contributed by atoms with Gasteiger partial charge < -0.3 is 10.5 Å². The molecule has 5 heteroatoms. The smallest absolute Gasteiger partial charge is 0.249 e. The summed E-state index contributed by atoms with van der Waals surface area (Å²) in [6, 6.07) is 7.11. The summed E-state index contributed by atoms with van der Waals surface area (Å²) in [5, 5.41) is 3.99. The molecule has 0 radical (unpaired) electrons. The van der Waals surface area contributed by atoms with Crippen LogP contribution in [0.1, 0.15) is 15.9 Å². The molecule has 0 atom stereocenters. The van der Waals surface area contributed by atoms with Crippen molar-refractivity contribution in [1.82, 2.24) is 9.78 Å². The first kappa shape index (κ1) is 11.2. The summed E-state index contributed by atoms with van der Waals surface area (Å²) < 4.78 is 7.16. The number of carbonyl (C=O) groups excluding carboxylic acids is 1. The van der Waals surface area contributed by atoms with Gasteiger partial charge in [-0.05, 0) is 6.07 Å². The van der Waals surface area contributed by atoms with Crippen LogP contribution in [0.2, 0.25) is 0 Å². The summed E-state index contributed by atoms with van der Waals surface area (Å²) in [6.07, 6.45) is 3.37. The van der Waals surface area contributed by atoms with Gasteiger partial charge in [-0.1, -0.05) is 18.2 Å². The van der Waals surface area contributed by atoms with Crippen molar-refractivity contribution in [2.24, 2.45) is 12.8 Å². The zero-order chi connectivity index (χ0) is 12.3. The van der Waals surface area contributed by atoms with Gasteiger partial charge >= 0.3 is 0 Å². The van der Waals surface area contributed by atoms with Gasteiger partial charge in [0.1, 0.15) is 6.61 Å². The summed E-state index contributed by atoms with van der Waals surface area (Å²) in [5.41, 5.74) is 6.53. The number of aryl methyl sites for hydroxylation is 1. The van der Waals surface area contributed by atoms with Gasteiger partial charge in [0, 0.05) is 18.2 Å². The van der Waals surface area contributed by atoms with E-state index in [2.05, 4.69) is 5.10 Å². The Morgan fingerprint density at radius 3 is 2.88 bits per heavy atom. The van der Waals surface area contributed by atoms with Gasteiger partial charge in [0.25, 0.3) is 0 Å². The zero-order valence-corrected chi connectivity index (χ0v) is 9.46. The Bertz CT molecular complexity index is 534. The fourth-order valence-electron chi connectivity index (χ4n) is 1.52. The molecule has 0 aliphatic carbocycles. The van der Waals surface area contributed by atoms with Crippen LogP contribution in [0.3, 0.4) is 0 Å². The number of primary amides is 1. The second-order valence-corrected chi connectivity index (χ2v) is 3.66. The molecule has 1 aromatic heterocycles. The quantitative estimate of drug-likeness (QED) is 0.856. The lowest BCUT2D eigenvalue weighted by molar-refractivity contribution is 0.0998. The van der Waals surface area contributed by atoms with Gasteiger partial charge in [-0.3, -0.25) is 9.48 Å². The van der Waals surface area contributed by atoms with E-state index in [1.165, 1.54) is 0 Å². The van der Waals surface area contributed by atoms with Gasteiger partial charge in [-0.2, -0.15) is 5.10 Å². The normalized spacial score (nSPS) is 10.2. The van der Waals surface area contributed by atoms with Crippen LogP contribution in [0, 0.1) is 0 Å². The summed E-state index contributed by atoms with van der Waals surface area (Å²) in [4.78, 5) is 11.2. The maximum absolute atomic E-state index is 11.2. The van der Waals surface area contributed by atoms with Gasteiger partial charge in [-0.15, -0.1) is 0 Å². The van der Waals surface area contributed by atoms with E-state index in [0.717, 1.165) is 5.56 Å². The lowest BCUT2D eigenvalue weighted by Gasteiger charge is -2.07. The van der Waals surface area contributed by atoms with Crippen LogP contribution in [0.4, 0.5) is 0 Å². The molecule has 1 heterocycles. The number of nitrogens with zero attached hydrogens (tertiary/aromatic N) is 2. The lowest BCUT2D eigenvalue weighted by Crippen LogP contribution is -2.14. The number of amides is 1. The van der Waals surface area contributed by atoms with Crippen molar-refractivity contribution in [3.63, 3.8) is 0 Å². The van der Waals surface area contributed by atoms with Crippen molar-refractivity contribution in [2.75, 3.05) is 0 Å². The van der Waals surface area contributed by atoms with Crippen molar-refractivity contribution >= 4 is 5.91 Å². The summed E-state index contributed by atoms with van der Waals surface area (Å²) in [7, 11) is 1.81. The van der Waals surface area contributed by atoms with E-state index in [9.17, 15) is 4.79 Å². The summed E-state index contributed by atoms with van der Waals surface area (Å²) in [5.74, 6) is 0.210. The van der Waals surface area contributed by atoms with E-state index in [4.69, 9.17) is 10.5 Å². The van der Waals surface area contributed by atoms with E-state index >= 15 is 0 Å². The molecule has 2 rings (SSSR count). The third-order valence-corrected chi connectivity index (χ3v) is 2.36. The maximum Gasteiger partial charge on any atom is 0.249 e. The van der Waals surface area contributed by atoms with Gasteiger partial charge in [0.15, 0.2) is 5.75 Å². The molecule has 17 heavy (non-hydrogen) atoms. The highest BCUT2D eigenvalue weighted by Crippen LogP contribution is 2.13. The number of rotatable bonds is 4. The molecule has 0 fully saturated rings. The van der Waals surface area contributed by atoms with Crippen LogP contribution in [0.15, 0.2) is 36.7 Å². The van der Waals surface area contributed by atoms with Crippen molar-refractivity contribution in [1.29, 1.82) is 0 Å². The Hall–Kier alpha value is -2.30. The minimum absolute atomic E-state index is 0.296. The predicted molar refractivity (Wildman–Crippen MR) is 62.5 cm³/mol. The summed E-state index contributed by atoms with van der Waals surface area (Å²) >= 11 is 0. The highest BCUT2D eigenvalue weighted by molar-refractivity contribution is 5.94. The van der Waals surface area contributed by atoms with Crippen LogP contribution < -0.4 is 10.5 Å². The fourth-order valence-corrected chi connectivity index (χ4v) is 1.52. The molecule has 0 aliphatic rings. The molecule has 0 unspecified atom stereocenters. The van der Waals surface area contributed by atoms with Crippen molar-refractivity contribution in [2.45, 2.75) is 6.61 Å². The molecule has 1 amide bonds. The van der Waals surface area contributed by atoms with Gasteiger partial charge in [-0.25, -0.2) is 0 Å². The molecular formula is C12H13N3O2. The fraction of sp³-hybridized carbons (Fsp3) is 0.167. The van der Waals surface area contributed by atoms with Crippen molar-refractivity contribution in [3.05, 3.63) is 47.8 Å². The number of hydrogen-bond donors (Lipinski definition) is 1. The molecule has 88 valence electrons. The number of hydrogen-bond acceptors (Lipinski definition) is 3. The Morgan fingerprint density at radius 1 is 1.47 bits per heavy atom. The highest BCUT2D eigenvalue weighted by atomic mass is 16.5. The largest absolute Gasteiger partial charge is 0.486 e. The molecule has 2 N–H and O–H groups in total. The van der Waals surface area contributed by atoms with Crippen LogP contribution in [-0.2, 0) is 13.7 Å². The number of ether oxygens (including phenoxy) is 1. The minimum atomic E-state index is -0.449. The average molecular weight is 231 g/mol. The molecular weight excluding hydrogens is 218 g/mol. The molecule has 0 saturated carbocycles. The molecule has 1 aromatic carbocycles. The van der Waals surface area contributed by atoms with Crippen LogP contribution in [0.25, 0.3) is 0 Å². The number of benzene rings is 1. The van der Waals surface area contributed by atoms with E-state index in [1.54, 1.807) is 29.2 Å². The van der Waals surface area contributed by atoms with Crippen molar-refractivity contribution in [3.8, 4) is 5.75 Å². The van der Waals surface area contributed by atoms with E-state index < -0.39 is 5.91 Å². The van der Waals surface area contributed by atoms with E-state index in [1.807, 2.05) is 19.2 Å². The Kier molecular flexibility index (Phi) is 3.09. The second-order valence-electron chi connectivity index (χ2n) is 3.66. The zero-order valence-electron chi connectivity index (χ0n) is 9.46. The Labute approximate surface area is 98.8 Å². The number of aromatic nitrogens is 2. The number of carbonyl (C=O) groups is 1. The SMILES string of the molecule is Cn1cc(OCc2ccccc2C(N)=O)cn1. The third kappa shape index (κ3) is 2.63. The maximum atomic E-state index is 11.2. The first-order valence-electron chi connectivity index (χ1n) is 5.16. The molecule has 0 saturated heterocycles. The topological polar surface area (TPSA) is 70.1 Å². The van der Waals surface area contributed by atoms with Gasteiger partial charge in [0.2, 0.25) is 5.91 Å². The summed E-state index contributed by atoms with van der Waals surface area (Å²) in [6.45, 7) is 0.296. The van der Waals surface area contributed by atoms with Crippen LogP contribution >= 0.6 is 0 Å². The second kappa shape index (κ2) is 4.69. The highest BCUT2D eigenvalue weighted by Gasteiger charge is 2.07. The number of nitrogens with two attached hydrogens (primary N) is 1. The first-order chi connectivity index (χ1) is 8.16. The standard InChI is InChI=1S/C12H13N3O2/c1-15-7-10(6-14-15)17-8-9-4-2-3-5-11(9)12(13)16/h2-7H,8H2,1H3,(H2,13,16). The van der Waals surface area contributed by atoms with Crippen molar-refractivity contribution < 1.29 is 9.53 Å². The molecule has 2 aromatic rings. The van der Waals surface area contributed by atoms with Crippen LogP contribution in [0.5, 0.6) is 5.75 Å². The Morgan fingerprint density at radius 2 is 2.24 bits per heavy atom. The first-order valence-corrected chi connectivity index (χ1v) is 5.16. The Balaban J connectivity index is 2.11. The van der Waals surface area contributed by atoms with E-state index in [0.29, 0.717) is 17.9 Å². The molecule has 5 nitrogen and oxygen atoms in total. The molecule has 0 bridgehead atoms.